The fraction of sp³-hybridized carbons (Fsp3) is 0. The lowest BCUT2D eigenvalue weighted by atomic mass is 10.1. The van der Waals surface area contributed by atoms with E-state index < -0.39 is 15.6 Å². The summed E-state index contributed by atoms with van der Waals surface area (Å²) in [7, 11) is -3.04. The number of nitrogen functional groups attached to an aromatic ring is 1. The second-order valence-electron chi connectivity index (χ2n) is 5.88. The van der Waals surface area contributed by atoms with Crippen molar-refractivity contribution in [1.82, 2.24) is 9.71 Å². The zero-order valence-electron chi connectivity index (χ0n) is 14.8. The Bertz CT molecular complexity index is 1190. The predicted octanol–water partition coefficient (Wildman–Crippen LogP) is 2.19. The molecular formula is C21H17N3O3S. The van der Waals surface area contributed by atoms with E-state index in [1.54, 1.807) is 48.5 Å². The summed E-state index contributed by atoms with van der Waals surface area (Å²) in [6.07, 6.45) is 1.43. The number of hydrogen-bond donors (Lipinski definition) is 3. The van der Waals surface area contributed by atoms with Crippen molar-refractivity contribution in [2.24, 2.45) is 0 Å². The predicted molar refractivity (Wildman–Crippen MR) is 110 cm³/mol. The molecule has 0 aliphatic rings. The van der Waals surface area contributed by atoms with Crippen LogP contribution in [0.3, 0.4) is 0 Å². The Kier molecular flexibility index (Phi) is 5.34. The molecule has 0 saturated heterocycles. The summed E-state index contributed by atoms with van der Waals surface area (Å²) in [5.41, 5.74) is 6.91. The SMILES string of the molecule is C=S(=O)(NC(=O)c1cc(C#Cc2cccc(O)c2)cnc1N)c1ccccc1. The van der Waals surface area contributed by atoms with E-state index in [4.69, 9.17) is 5.73 Å². The Morgan fingerprint density at radius 3 is 2.50 bits per heavy atom. The molecule has 1 atom stereocenters. The normalized spacial score (nSPS) is 12.3. The van der Waals surface area contributed by atoms with Gasteiger partial charge in [-0.25, -0.2) is 9.19 Å². The molecule has 1 aromatic heterocycles. The van der Waals surface area contributed by atoms with Crippen LogP contribution in [0.2, 0.25) is 0 Å². The van der Waals surface area contributed by atoms with Crippen LogP contribution in [0.15, 0.2) is 71.8 Å². The Labute approximate surface area is 163 Å². The van der Waals surface area contributed by atoms with Crippen molar-refractivity contribution in [2.75, 3.05) is 5.73 Å². The van der Waals surface area contributed by atoms with E-state index in [1.807, 2.05) is 0 Å². The Balaban J connectivity index is 1.87. The number of carbonyl (C=O) groups excluding carboxylic acids is 1. The number of pyridine rings is 1. The fourth-order valence-electron chi connectivity index (χ4n) is 2.36. The topological polar surface area (TPSA) is 105 Å². The highest BCUT2D eigenvalue weighted by molar-refractivity contribution is 7.99. The zero-order valence-corrected chi connectivity index (χ0v) is 15.6. The number of phenolic OH excluding ortho intramolecular Hbond substituents is 1. The van der Waals surface area contributed by atoms with E-state index in [9.17, 15) is 14.1 Å². The van der Waals surface area contributed by atoms with Gasteiger partial charge in [0.2, 0.25) is 0 Å². The van der Waals surface area contributed by atoms with Crippen molar-refractivity contribution in [3.8, 4) is 17.6 Å². The maximum Gasteiger partial charge on any atom is 0.266 e. The van der Waals surface area contributed by atoms with Gasteiger partial charge in [0.15, 0.2) is 0 Å². The summed E-state index contributed by atoms with van der Waals surface area (Å²) in [6.45, 7) is 0. The molecule has 3 rings (SSSR count). The summed E-state index contributed by atoms with van der Waals surface area (Å²) in [4.78, 5) is 17.0. The van der Waals surface area contributed by atoms with Crippen LogP contribution in [0.4, 0.5) is 5.82 Å². The minimum absolute atomic E-state index is 0.0105. The highest BCUT2D eigenvalue weighted by Crippen LogP contribution is 2.14. The highest BCUT2D eigenvalue weighted by Gasteiger charge is 2.16. The van der Waals surface area contributed by atoms with Crippen molar-refractivity contribution in [3.63, 3.8) is 0 Å². The minimum Gasteiger partial charge on any atom is -0.508 e. The standard InChI is InChI=1S/C21H17N3O3S/c1-28(27,18-8-3-2-4-9-18)24-21(26)19-13-16(14-23-20(19)22)11-10-15-6-5-7-17(25)12-15/h2-9,12-14,25H,1H2,(H2,22,23)(H,24,26,27). The number of rotatable bonds is 3. The number of nitrogens with zero attached hydrogens (tertiary/aromatic N) is 1. The molecule has 0 fully saturated rings. The number of amides is 1. The monoisotopic (exact) mass is 391 g/mol. The molecule has 0 aliphatic carbocycles. The van der Waals surface area contributed by atoms with Crippen LogP contribution in [0.25, 0.3) is 0 Å². The third-order valence-electron chi connectivity index (χ3n) is 3.74. The molecule has 0 bridgehead atoms. The molecule has 140 valence electrons. The lowest BCUT2D eigenvalue weighted by Crippen LogP contribution is -2.31. The van der Waals surface area contributed by atoms with Crippen LogP contribution in [0, 0.1) is 11.8 Å². The van der Waals surface area contributed by atoms with Gasteiger partial charge in [-0.1, -0.05) is 36.1 Å². The first kappa shape index (κ1) is 19.0. The first-order valence-corrected chi connectivity index (χ1v) is 9.89. The molecule has 0 saturated carbocycles. The van der Waals surface area contributed by atoms with Gasteiger partial charge in [-0.15, -0.1) is 0 Å². The van der Waals surface area contributed by atoms with E-state index in [0.717, 1.165) is 0 Å². The average Bonchev–Trinajstić information content (AvgIpc) is 2.67. The van der Waals surface area contributed by atoms with Crippen molar-refractivity contribution >= 4 is 27.3 Å². The van der Waals surface area contributed by atoms with E-state index in [0.29, 0.717) is 16.0 Å². The van der Waals surface area contributed by atoms with E-state index >= 15 is 0 Å². The first-order chi connectivity index (χ1) is 13.3. The van der Waals surface area contributed by atoms with Gasteiger partial charge in [-0.2, -0.15) is 0 Å². The molecule has 4 N–H and O–H groups in total. The van der Waals surface area contributed by atoms with Crippen molar-refractivity contribution < 1.29 is 14.1 Å². The van der Waals surface area contributed by atoms with Crippen molar-refractivity contribution in [3.05, 3.63) is 83.6 Å². The smallest absolute Gasteiger partial charge is 0.266 e. The number of aromatic hydroxyl groups is 1. The number of aromatic nitrogens is 1. The van der Waals surface area contributed by atoms with Gasteiger partial charge in [0.25, 0.3) is 5.91 Å². The second-order valence-corrected chi connectivity index (χ2v) is 7.90. The zero-order chi connectivity index (χ0) is 20.1. The van der Waals surface area contributed by atoms with E-state index in [2.05, 4.69) is 27.4 Å². The third-order valence-corrected chi connectivity index (χ3v) is 5.29. The maximum absolute atomic E-state index is 12.8. The number of hydrogen-bond acceptors (Lipinski definition) is 5. The van der Waals surface area contributed by atoms with Crippen molar-refractivity contribution in [2.45, 2.75) is 4.90 Å². The lowest BCUT2D eigenvalue weighted by Gasteiger charge is -2.12. The minimum atomic E-state index is -3.04. The number of nitrogens with two attached hydrogens (primary N) is 1. The number of anilines is 1. The number of carbonyl (C=O) groups is 1. The van der Waals surface area contributed by atoms with Gasteiger partial charge in [-0.3, -0.25) is 9.52 Å². The number of benzene rings is 2. The summed E-state index contributed by atoms with van der Waals surface area (Å²) >= 11 is 0. The van der Waals surface area contributed by atoms with Crippen LogP contribution in [0.1, 0.15) is 21.5 Å². The van der Waals surface area contributed by atoms with Gasteiger partial charge >= 0.3 is 0 Å². The van der Waals surface area contributed by atoms with E-state index in [1.165, 1.54) is 18.3 Å². The van der Waals surface area contributed by atoms with Gasteiger partial charge in [0, 0.05) is 22.2 Å². The molecule has 0 aliphatic heterocycles. The summed E-state index contributed by atoms with van der Waals surface area (Å²) in [5.74, 6) is 8.79. The molecular weight excluding hydrogens is 374 g/mol. The summed E-state index contributed by atoms with van der Waals surface area (Å²) in [5, 5.41) is 9.48. The van der Waals surface area contributed by atoms with Crippen LogP contribution in [-0.4, -0.2) is 26.1 Å². The average molecular weight is 391 g/mol. The summed E-state index contributed by atoms with van der Waals surface area (Å²) in [6, 6.07) is 16.4. The molecule has 28 heavy (non-hydrogen) atoms. The molecule has 7 heteroatoms. The third kappa shape index (κ3) is 4.50. The largest absolute Gasteiger partial charge is 0.508 e. The van der Waals surface area contributed by atoms with Gasteiger partial charge < -0.3 is 10.8 Å². The van der Waals surface area contributed by atoms with Crippen LogP contribution < -0.4 is 10.5 Å². The maximum atomic E-state index is 12.8. The lowest BCUT2D eigenvalue weighted by molar-refractivity contribution is 0.0983. The number of phenols is 1. The molecule has 1 unspecified atom stereocenters. The molecule has 1 heterocycles. The van der Waals surface area contributed by atoms with Crippen molar-refractivity contribution in [1.29, 1.82) is 0 Å². The molecule has 2 aromatic carbocycles. The fourth-order valence-corrected chi connectivity index (χ4v) is 3.48. The quantitative estimate of drug-likeness (QED) is 0.469. The Hall–Kier alpha value is -3.76. The molecule has 6 nitrogen and oxygen atoms in total. The van der Waals surface area contributed by atoms with Crippen LogP contribution in [0.5, 0.6) is 5.75 Å². The summed E-state index contributed by atoms with van der Waals surface area (Å²) < 4.78 is 15.2. The Morgan fingerprint density at radius 1 is 1.07 bits per heavy atom. The first-order valence-electron chi connectivity index (χ1n) is 8.16. The second kappa shape index (κ2) is 7.86. The highest BCUT2D eigenvalue weighted by atomic mass is 32.2. The number of nitrogens with one attached hydrogen (secondary N) is 1. The van der Waals surface area contributed by atoms with Gasteiger partial charge in [-0.05, 0) is 42.3 Å². The van der Waals surface area contributed by atoms with Crippen LogP contribution in [-0.2, 0) is 9.71 Å². The van der Waals surface area contributed by atoms with Crippen LogP contribution >= 0.6 is 0 Å². The molecule has 3 aromatic rings. The van der Waals surface area contributed by atoms with E-state index in [-0.39, 0.29) is 17.1 Å². The molecule has 0 spiro atoms. The van der Waals surface area contributed by atoms with Gasteiger partial charge in [0.1, 0.15) is 11.6 Å². The Morgan fingerprint density at radius 2 is 1.79 bits per heavy atom. The molecule has 0 radical (unpaired) electrons. The van der Waals surface area contributed by atoms with Gasteiger partial charge in [0.05, 0.1) is 15.3 Å². The molecule has 1 amide bonds.